The van der Waals surface area contributed by atoms with Crippen LogP contribution in [0.15, 0.2) is 60.9 Å². The Bertz CT molecular complexity index is 1520. The summed E-state index contributed by atoms with van der Waals surface area (Å²) in [6.07, 6.45) is 4.73. The van der Waals surface area contributed by atoms with E-state index in [1.165, 1.54) is 4.31 Å². The van der Waals surface area contributed by atoms with Crippen molar-refractivity contribution in [2.45, 2.75) is 12.0 Å². The highest BCUT2D eigenvalue weighted by Crippen LogP contribution is 2.36. The molecule has 0 bridgehead atoms. The monoisotopic (exact) mass is 460 g/mol. The van der Waals surface area contributed by atoms with Gasteiger partial charge in [0.15, 0.2) is 0 Å². The van der Waals surface area contributed by atoms with Crippen LogP contribution in [0.3, 0.4) is 0 Å². The number of nitriles is 1. The zero-order valence-electron chi connectivity index (χ0n) is 17.8. The molecule has 1 fully saturated rings. The first-order valence-corrected chi connectivity index (χ1v) is 12.1. The quantitative estimate of drug-likeness (QED) is 0.485. The first-order valence-electron chi connectivity index (χ1n) is 10.2. The number of hydrogen-bond donors (Lipinski definition) is 1. The SMILES string of the molecule is CS(=O)(=O)N1CC(CC#N)(n2ccc(-c3nc(-c4ccccc4O)cc4ncccc34)n2)C1. The minimum atomic E-state index is -3.34. The summed E-state index contributed by atoms with van der Waals surface area (Å²) in [7, 11) is -3.34. The second-order valence-corrected chi connectivity index (χ2v) is 10.2. The number of nitrogens with zero attached hydrogens (tertiary/aromatic N) is 6. The molecule has 0 saturated carbocycles. The summed E-state index contributed by atoms with van der Waals surface area (Å²) in [4.78, 5) is 9.25. The fourth-order valence-corrected chi connectivity index (χ4v) is 5.09. The number of rotatable bonds is 5. The lowest BCUT2D eigenvalue weighted by molar-refractivity contribution is 0.0726. The number of aromatic hydroxyl groups is 1. The summed E-state index contributed by atoms with van der Waals surface area (Å²) >= 11 is 0. The number of phenols is 1. The van der Waals surface area contributed by atoms with Crippen molar-refractivity contribution < 1.29 is 13.5 Å². The van der Waals surface area contributed by atoms with Crippen LogP contribution in [-0.2, 0) is 15.6 Å². The van der Waals surface area contributed by atoms with Crippen molar-refractivity contribution in [3.63, 3.8) is 0 Å². The van der Waals surface area contributed by atoms with Crippen LogP contribution in [-0.4, -0.2) is 56.9 Å². The molecule has 1 aliphatic rings. The van der Waals surface area contributed by atoms with Gasteiger partial charge in [-0.05, 0) is 36.4 Å². The molecule has 1 saturated heterocycles. The highest BCUT2D eigenvalue weighted by Gasteiger charge is 2.49. The number of pyridine rings is 2. The molecule has 1 aromatic carbocycles. The average Bonchev–Trinajstić information content (AvgIpc) is 3.25. The maximum absolute atomic E-state index is 11.9. The fourth-order valence-electron chi connectivity index (χ4n) is 4.14. The van der Waals surface area contributed by atoms with E-state index in [9.17, 15) is 18.8 Å². The van der Waals surface area contributed by atoms with Gasteiger partial charge in [-0.1, -0.05) is 12.1 Å². The van der Waals surface area contributed by atoms with Gasteiger partial charge >= 0.3 is 0 Å². The van der Waals surface area contributed by atoms with E-state index >= 15 is 0 Å². The van der Waals surface area contributed by atoms with Crippen molar-refractivity contribution >= 4 is 20.9 Å². The molecule has 166 valence electrons. The van der Waals surface area contributed by atoms with Crippen LogP contribution in [0.2, 0.25) is 0 Å². The minimum Gasteiger partial charge on any atom is -0.507 e. The van der Waals surface area contributed by atoms with Crippen LogP contribution >= 0.6 is 0 Å². The molecule has 0 aliphatic carbocycles. The number of fused-ring (bicyclic) bond motifs is 1. The molecule has 0 spiro atoms. The second kappa shape index (κ2) is 7.65. The standard InChI is InChI=1S/C23H20N6O3S/c1-33(31,32)28-14-23(15-28,9-10-24)29-12-8-18(27-29)22-17-6-4-11-25-19(17)13-20(26-22)16-5-2-3-7-21(16)30/h2-8,11-13,30H,9,14-15H2,1H3. The molecule has 1 N–H and O–H groups in total. The summed E-state index contributed by atoms with van der Waals surface area (Å²) < 4.78 is 26.8. The van der Waals surface area contributed by atoms with Crippen LogP contribution < -0.4 is 0 Å². The van der Waals surface area contributed by atoms with E-state index < -0.39 is 15.6 Å². The van der Waals surface area contributed by atoms with Crippen molar-refractivity contribution in [1.82, 2.24) is 24.1 Å². The first-order chi connectivity index (χ1) is 15.8. The molecule has 4 heterocycles. The molecule has 3 aromatic heterocycles. The molecule has 0 unspecified atom stereocenters. The van der Waals surface area contributed by atoms with Crippen LogP contribution in [0.4, 0.5) is 0 Å². The second-order valence-electron chi connectivity index (χ2n) is 8.18. The van der Waals surface area contributed by atoms with E-state index in [0.29, 0.717) is 28.2 Å². The highest BCUT2D eigenvalue weighted by molar-refractivity contribution is 7.88. The van der Waals surface area contributed by atoms with Crippen LogP contribution in [0.25, 0.3) is 33.5 Å². The zero-order chi connectivity index (χ0) is 23.2. The van der Waals surface area contributed by atoms with Crippen LogP contribution in [0.5, 0.6) is 5.75 Å². The van der Waals surface area contributed by atoms with Gasteiger partial charge in [0.25, 0.3) is 0 Å². The Balaban J connectivity index is 1.61. The Kier molecular flexibility index (Phi) is 4.88. The molecule has 0 atom stereocenters. The minimum absolute atomic E-state index is 0.111. The Hall–Kier alpha value is -3.81. The van der Waals surface area contributed by atoms with Crippen molar-refractivity contribution in [2.75, 3.05) is 19.3 Å². The van der Waals surface area contributed by atoms with Gasteiger partial charge in [0.2, 0.25) is 10.0 Å². The topological polar surface area (TPSA) is 125 Å². The molecule has 0 amide bonds. The molecule has 9 nitrogen and oxygen atoms in total. The summed E-state index contributed by atoms with van der Waals surface area (Å²) in [5.41, 5.74) is 2.27. The van der Waals surface area contributed by atoms with Crippen LogP contribution in [0.1, 0.15) is 6.42 Å². The largest absolute Gasteiger partial charge is 0.507 e. The number of benzene rings is 1. The molecule has 0 radical (unpaired) electrons. The lowest BCUT2D eigenvalue weighted by atomic mass is 9.89. The lowest BCUT2D eigenvalue weighted by Crippen LogP contribution is -2.63. The Morgan fingerprint density at radius 3 is 2.67 bits per heavy atom. The van der Waals surface area contributed by atoms with E-state index in [2.05, 4.69) is 11.1 Å². The van der Waals surface area contributed by atoms with Gasteiger partial charge in [-0.15, -0.1) is 0 Å². The predicted molar refractivity (Wildman–Crippen MR) is 122 cm³/mol. The van der Waals surface area contributed by atoms with Crippen molar-refractivity contribution in [1.29, 1.82) is 5.26 Å². The van der Waals surface area contributed by atoms with Gasteiger partial charge in [-0.25, -0.2) is 13.4 Å². The molecule has 5 rings (SSSR count). The predicted octanol–water partition coefficient (Wildman–Crippen LogP) is 2.75. The van der Waals surface area contributed by atoms with E-state index in [0.717, 1.165) is 11.6 Å². The number of hydrogen-bond acceptors (Lipinski definition) is 7. The number of phenolic OH excluding ortho intramolecular Hbond substituents is 1. The molecular weight excluding hydrogens is 440 g/mol. The summed E-state index contributed by atoms with van der Waals surface area (Å²) in [6.45, 7) is 0.377. The maximum atomic E-state index is 11.9. The molecular formula is C23H20N6O3S. The molecule has 4 aromatic rings. The molecule has 1 aliphatic heterocycles. The maximum Gasteiger partial charge on any atom is 0.211 e. The molecule has 33 heavy (non-hydrogen) atoms. The van der Waals surface area contributed by atoms with Gasteiger partial charge < -0.3 is 5.11 Å². The number of para-hydroxylation sites is 1. The Labute approximate surface area is 190 Å². The van der Waals surface area contributed by atoms with Gasteiger partial charge in [-0.2, -0.15) is 14.7 Å². The fraction of sp³-hybridized carbons (Fsp3) is 0.217. The van der Waals surface area contributed by atoms with Gasteiger partial charge in [0, 0.05) is 36.4 Å². The highest BCUT2D eigenvalue weighted by atomic mass is 32.2. The summed E-state index contributed by atoms with van der Waals surface area (Å²) in [6, 6.07) is 16.4. The third-order valence-electron chi connectivity index (χ3n) is 5.92. The van der Waals surface area contributed by atoms with Crippen molar-refractivity contribution in [3.05, 3.63) is 60.9 Å². The van der Waals surface area contributed by atoms with Crippen molar-refractivity contribution in [3.8, 4) is 34.5 Å². The summed E-state index contributed by atoms with van der Waals surface area (Å²) in [5, 5.41) is 25.2. The Morgan fingerprint density at radius 1 is 1.15 bits per heavy atom. The van der Waals surface area contributed by atoms with E-state index in [1.54, 1.807) is 41.3 Å². The van der Waals surface area contributed by atoms with E-state index in [-0.39, 0.29) is 25.3 Å². The third kappa shape index (κ3) is 3.61. The van der Waals surface area contributed by atoms with Crippen molar-refractivity contribution in [2.24, 2.45) is 0 Å². The van der Waals surface area contributed by atoms with E-state index in [4.69, 9.17) is 10.1 Å². The van der Waals surface area contributed by atoms with Gasteiger partial charge in [0.05, 0.1) is 30.0 Å². The zero-order valence-corrected chi connectivity index (χ0v) is 18.6. The van der Waals surface area contributed by atoms with Gasteiger partial charge in [0.1, 0.15) is 22.7 Å². The summed E-state index contributed by atoms with van der Waals surface area (Å²) in [5.74, 6) is 0.111. The first kappa shape index (κ1) is 21.1. The number of aromatic nitrogens is 4. The van der Waals surface area contributed by atoms with Gasteiger partial charge in [-0.3, -0.25) is 9.67 Å². The Morgan fingerprint density at radius 2 is 1.94 bits per heavy atom. The van der Waals surface area contributed by atoms with Crippen LogP contribution in [0, 0.1) is 11.3 Å². The third-order valence-corrected chi connectivity index (χ3v) is 7.11. The molecule has 10 heteroatoms. The smallest absolute Gasteiger partial charge is 0.211 e. The average molecular weight is 461 g/mol. The van der Waals surface area contributed by atoms with E-state index in [1.807, 2.05) is 24.3 Å². The number of sulfonamides is 1. The lowest BCUT2D eigenvalue weighted by Gasteiger charge is -2.47. The normalized spacial score (nSPS) is 15.8.